The Bertz CT molecular complexity index is 3120. The number of para-hydroxylation sites is 2. The van der Waals surface area contributed by atoms with Gasteiger partial charge in [-0.25, -0.2) is 0 Å². The fraction of sp³-hybridized carbons (Fsp3) is 0.0536. The Kier molecular flexibility index (Phi) is 8.34. The maximum atomic E-state index is 13.2. The minimum atomic E-state index is -0.622. The van der Waals surface area contributed by atoms with Crippen LogP contribution in [0.5, 0.6) is 0 Å². The highest BCUT2D eigenvalue weighted by atomic mass is 16.3. The third kappa shape index (κ3) is 5.69. The van der Waals surface area contributed by atoms with Crippen molar-refractivity contribution < 1.29 is 4.42 Å². The number of allylic oxidation sites excluding steroid dienone is 4. The minimum Gasteiger partial charge on any atom is -0.456 e. The fourth-order valence-electron chi connectivity index (χ4n) is 9.38. The Labute approximate surface area is 343 Å². The summed E-state index contributed by atoms with van der Waals surface area (Å²) in [7, 11) is 0. The van der Waals surface area contributed by atoms with Crippen molar-refractivity contribution in [1.82, 2.24) is 0 Å². The molecule has 280 valence electrons. The average molecular weight is 758 g/mol. The van der Waals surface area contributed by atoms with Crippen molar-refractivity contribution >= 4 is 44.6 Å². The second kappa shape index (κ2) is 14.2. The van der Waals surface area contributed by atoms with Gasteiger partial charge in [0, 0.05) is 5.69 Å². The van der Waals surface area contributed by atoms with Crippen LogP contribution < -0.4 is 10.3 Å². The lowest BCUT2D eigenvalue weighted by Gasteiger charge is -2.47. The number of benzene rings is 8. The quantitative estimate of drug-likeness (QED) is 0.158. The lowest BCUT2D eigenvalue weighted by molar-refractivity contribution is 0.660. The van der Waals surface area contributed by atoms with Gasteiger partial charge in [0.2, 0.25) is 5.43 Å². The van der Waals surface area contributed by atoms with E-state index in [1.54, 1.807) is 0 Å². The zero-order chi connectivity index (χ0) is 39.3. The average Bonchev–Trinajstić information content (AvgIpc) is 3.31. The molecule has 0 bridgehead atoms. The number of hydrogen-bond donors (Lipinski definition) is 0. The maximum absolute atomic E-state index is 13.2. The number of fused-ring (bicyclic) bond motifs is 4. The van der Waals surface area contributed by atoms with E-state index in [2.05, 4.69) is 175 Å². The number of rotatable bonds is 6. The van der Waals surface area contributed by atoms with Crippen LogP contribution >= 0.6 is 0 Å². The summed E-state index contributed by atoms with van der Waals surface area (Å²) in [6.07, 6.45) is 9.05. The van der Waals surface area contributed by atoms with Crippen LogP contribution in [0.3, 0.4) is 0 Å². The van der Waals surface area contributed by atoms with Gasteiger partial charge in [-0.1, -0.05) is 158 Å². The Balaban J connectivity index is 1.11. The van der Waals surface area contributed by atoms with Gasteiger partial charge >= 0.3 is 0 Å². The lowest BCUT2D eigenvalue weighted by atomic mass is 9.62. The standard InChI is InChI=1S/C56H39NO2/c58-55-47-23-13-14-24-53(47)59-54-37-43(29-32-48(54)55)40-27-25-39(26-28-40)41-31-34-51-50(35-41)56(44-17-7-2-8-18-44,45-19-9-3-10-20-45)49-33-30-42(38-15-5-1-6-16-38)36-52(49)57(51)46-21-11-4-12-22-46/h2-5,7-37H,1,6H2. The topological polar surface area (TPSA) is 33.5 Å². The molecule has 0 fully saturated rings. The first-order valence-corrected chi connectivity index (χ1v) is 20.4. The molecule has 0 atom stereocenters. The molecule has 1 aliphatic heterocycles. The molecule has 2 heterocycles. The van der Waals surface area contributed by atoms with Crippen LogP contribution in [-0.2, 0) is 5.41 Å². The first-order chi connectivity index (χ1) is 29.2. The molecule has 0 unspecified atom stereocenters. The van der Waals surface area contributed by atoms with Crippen molar-refractivity contribution in [3.8, 4) is 22.3 Å². The SMILES string of the molecule is O=c1c2ccccc2oc2cc(-c3ccc(-c4ccc5c(c4)C(c4ccccc4)(c4ccccc4)c4ccc(C6=CCCC=C6)cc4N5c4ccccc4)cc3)ccc12. The van der Waals surface area contributed by atoms with Crippen LogP contribution in [-0.4, -0.2) is 0 Å². The predicted octanol–water partition coefficient (Wildman–Crippen LogP) is 14.2. The first kappa shape index (κ1) is 34.7. The molecule has 0 amide bonds. The van der Waals surface area contributed by atoms with Crippen LogP contribution in [0.25, 0.3) is 49.8 Å². The van der Waals surface area contributed by atoms with Gasteiger partial charge in [0.15, 0.2) is 0 Å². The highest BCUT2D eigenvalue weighted by Crippen LogP contribution is 2.58. The molecule has 11 rings (SSSR count). The lowest BCUT2D eigenvalue weighted by Crippen LogP contribution is -2.38. The van der Waals surface area contributed by atoms with Gasteiger partial charge in [0.05, 0.1) is 27.6 Å². The second-order valence-corrected chi connectivity index (χ2v) is 15.5. The van der Waals surface area contributed by atoms with E-state index in [0.29, 0.717) is 21.9 Å². The van der Waals surface area contributed by atoms with Gasteiger partial charge in [-0.3, -0.25) is 4.79 Å². The van der Waals surface area contributed by atoms with E-state index in [4.69, 9.17) is 4.42 Å². The largest absolute Gasteiger partial charge is 0.456 e. The van der Waals surface area contributed by atoms with Gasteiger partial charge in [0.1, 0.15) is 11.2 Å². The Hall–Kier alpha value is -7.49. The van der Waals surface area contributed by atoms with Crippen molar-refractivity contribution in [1.29, 1.82) is 0 Å². The van der Waals surface area contributed by atoms with Crippen molar-refractivity contribution in [3.63, 3.8) is 0 Å². The highest BCUT2D eigenvalue weighted by Gasteiger charge is 2.46. The third-order valence-electron chi connectivity index (χ3n) is 12.2. The number of nitrogens with zero attached hydrogens (tertiary/aromatic N) is 1. The molecule has 9 aromatic rings. The Morgan fingerprint density at radius 3 is 1.75 bits per heavy atom. The van der Waals surface area contributed by atoms with Crippen LogP contribution in [0, 0.1) is 0 Å². The van der Waals surface area contributed by atoms with Crippen molar-refractivity contribution in [3.05, 3.63) is 250 Å². The molecule has 59 heavy (non-hydrogen) atoms. The first-order valence-electron chi connectivity index (χ1n) is 20.4. The van der Waals surface area contributed by atoms with Crippen LogP contribution in [0.1, 0.15) is 40.7 Å². The van der Waals surface area contributed by atoms with Gasteiger partial charge < -0.3 is 9.32 Å². The summed E-state index contributed by atoms with van der Waals surface area (Å²) in [6.45, 7) is 0. The highest BCUT2D eigenvalue weighted by molar-refractivity contribution is 5.94. The Morgan fingerprint density at radius 2 is 1.05 bits per heavy atom. The molecule has 3 nitrogen and oxygen atoms in total. The molecular formula is C56H39NO2. The van der Waals surface area contributed by atoms with E-state index in [1.807, 2.05) is 42.5 Å². The molecule has 0 N–H and O–H groups in total. The number of anilines is 3. The Morgan fingerprint density at radius 1 is 0.458 bits per heavy atom. The summed E-state index contributed by atoms with van der Waals surface area (Å²) in [5.41, 5.74) is 15.7. The molecular weight excluding hydrogens is 719 g/mol. The molecule has 0 radical (unpaired) electrons. The van der Waals surface area contributed by atoms with Crippen molar-refractivity contribution in [2.75, 3.05) is 4.90 Å². The normalized spacial score (nSPS) is 14.2. The summed E-state index contributed by atoms with van der Waals surface area (Å²) in [5, 5.41) is 1.18. The molecule has 1 aliphatic carbocycles. The van der Waals surface area contributed by atoms with Gasteiger partial charge in [0.25, 0.3) is 0 Å². The molecule has 0 saturated heterocycles. The predicted molar refractivity (Wildman–Crippen MR) is 244 cm³/mol. The van der Waals surface area contributed by atoms with Crippen LogP contribution in [0.2, 0.25) is 0 Å². The van der Waals surface area contributed by atoms with E-state index in [9.17, 15) is 4.79 Å². The maximum Gasteiger partial charge on any atom is 0.200 e. The molecule has 3 heteroatoms. The zero-order valence-corrected chi connectivity index (χ0v) is 32.4. The van der Waals surface area contributed by atoms with E-state index in [-0.39, 0.29) is 5.43 Å². The van der Waals surface area contributed by atoms with E-state index in [0.717, 1.165) is 46.5 Å². The van der Waals surface area contributed by atoms with Gasteiger partial charge in [-0.05, 0) is 123 Å². The third-order valence-corrected chi connectivity index (χ3v) is 12.2. The summed E-state index contributed by atoms with van der Waals surface area (Å²) in [6, 6.07) is 68.9. The van der Waals surface area contributed by atoms with Crippen LogP contribution in [0.4, 0.5) is 17.1 Å². The van der Waals surface area contributed by atoms with Gasteiger partial charge in [-0.2, -0.15) is 0 Å². The zero-order valence-electron chi connectivity index (χ0n) is 32.4. The number of hydrogen-bond acceptors (Lipinski definition) is 3. The van der Waals surface area contributed by atoms with E-state index >= 15 is 0 Å². The molecule has 0 saturated carbocycles. The van der Waals surface area contributed by atoms with Gasteiger partial charge in [-0.15, -0.1) is 0 Å². The molecule has 8 aromatic carbocycles. The fourth-order valence-corrected chi connectivity index (χ4v) is 9.38. The summed E-state index contributed by atoms with van der Waals surface area (Å²) >= 11 is 0. The van der Waals surface area contributed by atoms with E-state index in [1.165, 1.54) is 39.1 Å². The smallest absolute Gasteiger partial charge is 0.200 e. The summed E-state index contributed by atoms with van der Waals surface area (Å²) in [4.78, 5) is 15.7. The molecule has 1 aromatic heterocycles. The second-order valence-electron chi connectivity index (χ2n) is 15.5. The summed E-state index contributed by atoms with van der Waals surface area (Å²) < 4.78 is 6.22. The molecule has 0 spiro atoms. The van der Waals surface area contributed by atoms with Crippen molar-refractivity contribution in [2.45, 2.75) is 18.3 Å². The monoisotopic (exact) mass is 757 g/mol. The van der Waals surface area contributed by atoms with E-state index < -0.39 is 5.41 Å². The minimum absolute atomic E-state index is 0.00842. The van der Waals surface area contributed by atoms with Crippen LogP contribution in [0.15, 0.2) is 222 Å². The van der Waals surface area contributed by atoms with Crippen molar-refractivity contribution in [2.24, 2.45) is 0 Å². The molecule has 2 aliphatic rings. The summed E-state index contributed by atoms with van der Waals surface area (Å²) in [5.74, 6) is 0.